The summed E-state index contributed by atoms with van der Waals surface area (Å²) in [5.74, 6) is 0.990. The molecular formula is C13H13N5O. The van der Waals surface area contributed by atoms with E-state index in [0.29, 0.717) is 17.4 Å². The van der Waals surface area contributed by atoms with Gasteiger partial charge in [0.25, 0.3) is 5.89 Å². The van der Waals surface area contributed by atoms with Gasteiger partial charge in [0, 0.05) is 18.3 Å². The lowest BCUT2D eigenvalue weighted by atomic mass is 10.2. The van der Waals surface area contributed by atoms with E-state index in [1.165, 1.54) is 0 Å². The molecule has 6 heteroatoms. The van der Waals surface area contributed by atoms with Crippen molar-refractivity contribution in [1.29, 1.82) is 0 Å². The van der Waals surface area contributed by atoms with Crippen molar-refractivity contribution in [3.63, 3.8) is 0 Å². The molecule has 2 heterocycles. The summed E-state index contributed by atoms with van der Waals surface area (Å²) in [4.78, 5) is 4.38. The number of aryl methyl sites for hydroxylation is 2. The molecule has 0 aliphatic rings. The lowest BCUT2D eigenvalue weighted by Gasteiger charge is -1.95. The van der Waals surface area contributed by atoms with E-state index in [-0.39, 0.29) is 0 Å². The van der Waals surface area contributed by atoms with Crippen LogP contribution in [0, 0.1) is 6.92 Å². The van der Waals surface area contributed by atoms with Gasteiger partial charge in [-0.25, -0.2) is 0 Å². The number of nitrogens with two attached hydrogens (primary N) is 1. The van der Waals surface area contributed by atoms with Crippen molar-refractivity contribution in [2.24, 2.45) is 7.05 Å². The van der Waals surface area contributed by atoms with Crippen LogP contribution >= 0.6 is 0 Å². The predicted octanol–water partition coefficient (Wildman–Crippen LogP) is 2.03. The van der Waals surface area contributed by atoms with Crippen LogP contribution in [0.25, 0.3) is 23.0 Å². The molecule has 3 aromatic rings. The molecule has 0 spiro atoms. The van der Waals surface area contributed by atoms with Crippen molar-refractivity contribution in [2.45, 2.75) is 6.92 Å². The van der Waals surface area contributed by atoms with Crippen LogP contribution in [-0.4, -0.2) is 19.9 Å². The molecular weight excluding hydrogens is 242 g/mol. The summed E-state index contributed by atoms with van der Waals surface area (Å²) in [7, 11) is 1.84. The number of hydrogen-bond donors (Lipinski definition) is 1. The topological polar surface area (TPSA) is 82.8 Å². The number of nitrogen functional groups attached to an aromatic ring is 1. The summed E-state index contributed by atoms with van der Waals surface area (Å²) in [5.41, 5.74) is 8.92. The van der Waals surface area contributed by atoms with Gasteiger partial charge in [-0.1, -0.05) is 5.16 Å². The average Bonchev–Trinajstić information content (AvgIpc) is 2.97. The molecule has 0 amide bonds. The fourth-order valence-electron chi connectivity index (χ4n) is 1.89. The van der Waals surface area contributed by atoms with Crippen molar-refractivity contribution in [2.75, 3.05) is 5.73 Å². The Hall–Kier alpha value is -2.63. The zero-order valence-electron chi connectivity index (χ0n) is 10.7. The zero-order chi connectivity index (χ0) is 13.4. The van der Waals surface area contributed by atoms with E-state index in [1.807, 2.05) is 32.2 Å². The van der Waals surface area contributed by atoms with Crippen LogP contribution in [0.5, 0.6) is 0 Å². The SMILES string of the molecule is Cc1cc(-c2nc(-c3ccc(N)cc3)no2)n(C)n1. The Kier molecular flexibility index (Phi) is 2.56. The van der Waals surface area contributed by atoms with Crippen molar-refractivity contribution in [3.05, 3.63) is 36.0 Å². The molecule has 0 saturated heterocycles. The Morgan fingerprint density at radius 1 is 1.21 bits per heavy atom. The van der Waals surface area contributed by atoms with Gasteiger partial charge in [-0.2, -0.15) is 10.1 Å². The van der Waals surface area contributed by atoms with Crippen molar-refractivity contribution >= 4 is 5.69 Å². The second kappa shape index (κ2) is 4.24. The van der Waals surface area contributed by atoms with Crippen LogP contribution in [0.2, 0.25) is 0 Å². The van der Waals surface area contributed by atoms with Gasteiger partial charge in [-0.3, -0.25) is 4.68 Å². The second-order valence-electron chi connectivity index (χ2n) is 4.34. The quantitative estimate of drug-likeness (QED) is 0.708. The molecule has 0 bridgehead atoms. The van der Waals surface area contributed by atoms with Gasteiger partial charge in [-0.15, -0.1) is 0 Å². The molecule has 0 aliphatic carbocycles. The maximum atomic E-state index is 5.65. The molecule has 2 N–H and O–H groups in total. The van der Waals surface area contributed by atoms with Crippen LogP contribution in [-0.2, 0) is 7.05 Å². The van der Waals surface area contributed by atoms with Crippen molar-refractivity contribution in [3.8, 4) is 23.0 Å². The average molecular weight is 255 g/mol. The minimum Gasteiger partial charge on any atom is -0.399 e. The highest BCUT2D eigenvalue weighted by molar-refractivity contribution is 5.60. The van der Waals surface area contributed by atoms with Crippen LogP contribution in [0.15, 0.2) is 34.9 Å². The Bertz CT molecular complexity index is 711. The number of aromatic nitrogens is 4. The Balaban J connectivity index is 1.99. The largest absolute Gasteiger partial charge is 0.399 e. The van der Waals surface area contributed by atoms with Gasteiger partial charge in [0.15, 0.2) is 0 Å². The molecule has 0 aliphatic heterocycles. The maximum absolute atomic E-state index is 5.65. The van der Waals surface area contributed by atoms with E-state index >= 15 is 0 Å². The van der Waals surface area contributed by atoms with E-state index in [0.717, 1.165) is 17.0 Å². The molecule has 0 atom stereocenters. The summed E-state index contributed by atoms with van der Waals surface area (Å²) >= 11 is 0. The van der Waals surface area contributed by atoms with Gasteiger partial charge < -0.3 is 10.3 Å². The normalized spacial score (nSPS) is 10.8. The standard InChI is InChI=1S/C13H13N5O/c1-8-7-11(18(2)16-8)13-15-12(17-19-13)9-3-5-10(14)6-4-9/h3-7H,14H2,1-2H3. The first kappa shape index (κ1) is 11.5. The Morgan fingerprint density at radius 3 is 2.58 bits per heavy atom. The van der Waals surface area contributed by atoms with E-state index in [9.17, 15) is 0 Å². The van der Waals surface area contributed by atoms with Crippen molar-refractivity contribution < 1.29 is 4.52 Å². The van der Waals surface area contributed by atoms with Crippen LogP contribution in [0.4, 0.5) is 5.69 Å². The van der Waals surface area contributed by atoms with Crippen LogP contribution in [0.1, 0.15) is 5.69 Å². The maximum Gasteiger partial charge on any atom is 0.276 e. The summed E-state index contributed by atoms with van der Waals surface area (Å²) in [6, 6.07) is 9.23. The van der Waals surface area contributed by atoms with E-state index in [4.69, 9.17) is 10.3 Å². The fourth-order valence-corrected chi connectivity index (χ4v) is 1.89. The number of benzene rings is 1. The monoisotopic (exact) mass is 255 g/mol. The first-order valence-electron chi connectivity index (χ1n) is 5.84. The zero-order valence-corrected chi connectivity index (χ0v) is 10.7. The molecule has 3 rings (SSSR count). The summed E-state index contributed by atoms with van der Waals surface area (Å²) in [6.45, 7) is 1.92. The van der Waals surface area contributed by atoms with E-state index in [2.05, 4.69) is 15.2 Å². The van der Waals surface area contributed by atoms with E-state index < -0.39 is 0 Å². The molecule has 19 heavy (non-hydrogen) atoms. The summed E-state index contributed by atoms with van der Waals surface area (Å²) in [6.07, 6.45) is 0. The van der Waals surface area contributed by atoms with E-state index in [1.54, 1.807) is 16.8 Å². The Labute approximate surface area is 109 Å². The molecule has 2 aromatic heterocycles. The molecule has 1 aromatic carbocycles. The highest BCUT2D eigenvalue weighted by Crippen LogP contribution is 2.22. The number of hydrogen-bond acceptors (Lipinski definition) is 5. The molecule has 0 fully saturated rings. The third-order valence-corrected chi connectivity index (χ3v) is 2.82. The van der Waals surface area contributed by atoms with Crippen molar-refractivity contribution in [1.82, 2.24) is 19.9 Å². The van der Waals surface area contributed by atoms with Gasteiger partial charge in [0.05, 0.1) is 5.69 Å². The second-order valence-corrected chi connectivity index (χ2v) is 4.34. The van der Waals surface area contributed by atoms with Gasteiger partial charge in [-0.05, 0) is 37.3 Å². The number of rotatable bonds is 2. The lowest BCUT2D eigenvalue weighted by Crippen LogP contribution is -1.93. The fraction of sp³-hybridized carbons (Fsp3) is 0.154. The van der Waals surface area contributed by atoms with Gasteiger partial charge in [0.2, 0.25) is 5.82 Å². The molecule has 0 saturated carbocycles. The minimum absolute atomic E-state index is 0.454. The highest BCUT2D eigenvalue weighted by atomic mass is 16.5. The molecule has 96 valence electrons. The summed E-state index contributed by atoms with van der Waals surface area (Å²) in [5, 5.41) is 8.23. The first-order chi connectivity index (χ1) is 9.13. The van der Waals surface area contributed by atoms with Crippen LogP contribution in [0.3, 0.4) is 0 Å². The molecule has 6 nitrogen and oxygen atoms in total. The highest BCUT2D eigenvalue weighted by Gasteiger charge is 2.14. The summed E-state index contributed by atoms with van der Waals surface area (Å²) < 4.78 is 6.99. The Morgan fingerprint density at radius 2 is 1.95 bits per heavy atom. The third-order valence-electron chi connectivity index (χ3n) is 2.82. The number of nitrogens with zero attached hydrogens (tertiary/aromatic N) is 4. The van der Waals surface area contributed by atoms with Crippen LogP contribution < -0.4 is 5.73 Å². The molecule has 0 radical (unpaired) electrons. The van der Waals surface area contributed by atoms with Gasteiger partial charge in [0.1, 0.15) is 5.69 Å². The number of anilines is 1. The third kappa shape index (κ3) is 2.08. The smallest absolute Gasteiger partial charge is 0.276 e. The first-order valence-corrected chi connectivity index (χ1v) is 5.84. The molecule has 0 unspecified atom stereocenters. The minimum atomic E-state index is 0.454. The lowest BCUT2D eigenvalue weighted by molar-refractivity contribution is 0.428. The predicted molar refractivity (Wildman–Crippen MR) is 71.1 cm³/mol. The van der Waals surface area contributed by atoms with Gasteiger partial charge >= 0.3 is 0 Å².